The van der Waals surface area contributed by atoms with E-state index in [0.717, 1.165) is 10.7 Å². The maximum Gasteiger partial charge on any atom is 0.160 e. The molecule has 90 valence electrons. The smallest absolute Gasteiger partial charge is 0.160 e. The lowest BCUT2D eigenvalue weighted by Gasteiger charge is -2.13. The normalized spacial score (nSPS) is 12.1. The Kier molecular flexibility index (Phi) is 3.49. The summed E-state index contributed by atoms with van der Waals surface area (Å²) in [7, 11) is 1.53. The Balaban J connectivity index is 2.11. The molecule has 0 aliphatic rings. The molecule has 0 saturated heterocycles. The van der Waals surface area contributed by atoms with Crippen molar-refractivity contribution in [2.75, 3.05) is 12.4 Å². The molecule has 0 aliphatic carbocycles. The van der Waals surface area contributed by atoms with Gasteiger partial charge in [0.05, 0.1) is 13.2 Å². The number of aromatic nitrogens is 1. The minimum atomic E-state index is 0.114. The van der Waals surface area contributed by atoms with E-state index in [-0.39, 0.29) is 11.8 Å². The first-order valence-corrected chi connectivity index (χ1v) is 6.11. The Bertz CT molecular complexity index is 485. The minimum Gasteiger partial charge on any atom is -0.504 e. The highest BCUT2D eigenvalue weighted by Gasteiger charge is 2.09. The zero-order valence-electron chi connectivity index (χ0n) is 9.68. The van der Waals surface area contributed by atoms with E-state index in [1.165, 1.54) is 7.11 Å². The number of nitrogens with one attached hydrogen (secondary N) is 1. The first kappa shape index (κ1) is 11.7. The van der Waals surface area contributed by atoms with Crippen molar-refractivity contribution < 1.29 is 9.84 Å². The van der Waals surface area contributed by atoms with Gasteiger partial charge < -0.3 is 15.2 Å². The van der Waals surface area contributed by atoms with Crippen LogP contribution in [0.15, 0.2) is 29.8 Å². The molecule has 1 aromatic heterocycles. The Labute approximate surface area is 104 Å². The number of nitrogens with zero attached hydrogens (tertiary/aromatic N) is 1. The van der Waals surface area contributed by atoms with Crippen molar-refractivity contribution in [1.29, 1.82) is 0 Å². The van der Waals surface area contributed by atoms with E-state index in [4.69, 9.17) is 4.74 Å². The number of benzene rings is 1. The monoisotopic (exact) mass is 250 g/mol. The number of methoxy groups -OCH3 is 1. The number of phenolic OH excluding ortho intramolecular Hbond substituents is 1. The summed E-state index contributed by atoms with van der Waals surface area (Å²) in [5.41, 5.74) is 0.839. The van der Waals surface area contributed by atoms with Gasteiger partial charge in [-0.25, -0.2) is 4.98 Å². The summed E-state index contributed by atoms with van der Waals surface area (Å²) in [6, 6.07) is 5.35. The topological polar surface area (TPSA) is 54.4 Å². The molecule has 0 aliphatic heterocycles. The van der Waals surface area contributed by atoms with Crippen LogP contribution in [0.2, 0.25) is 0 Å². The molecule has 5 heteroatoms. The molecule has 0 saturated carbocycles. The van der Waals surface area contributed by atoms with Gasteiger partial charge in [0, 0.05) is 23.3 Å². The van der Waals surface area contributed by atoms with Crippen molar-refractivity contribution >= 4 is 17.0 Å². The average Bonchev–Trinajstić information content (AvgIpc) is 2.82. The zero-order valence-corrected chi connectivity index (χ0v) is 10.5. The lowest BCUT2D eigenvalue weighted by molar-refractivity contribution is 0.373. The predicted octanol–water partition coefficient (Wildman–Crippen LogP) is 3.03. The molecule has 0 amide bonds. The maximum atomic E-state index is 9.66. The van der Waals surface area contributed by atoms with Crippen LogP contribution >= 0.6 is 11.3 Å². The van der Waals surface area contributed by atoms with Crippen LogP contribution in [0.3, 0.4) is 0 Å². The van der Waals surface area contributed by atoms with Crippen LogP contribution in [-0.4, -0.2) is 17.2 Å². The third-order valence-corrected chi connectivity index (χ3v) is 3.34. The summed E-state index contributed by atoms with van der Waals surface area (Å²) in [5, 5.41) is 15.9. The molecular weight excluding hydrogens is 236 g/mol. The molecule has 2 N–H and O–H groups in total. The van der Waals surface area contributed by atoms with Crippen molar-refractivity contribution in [2.24, 2.45) is 0 Å². The lowest BCUT2D eigenvalue weighted by Crippen LogP contribution is -2.05. The first-order valence-electron chi connectivity index (χ1n) is 5.23. The number of ether oxygens (including phenoxy) is 1. The van der Waals surface area contributed by atoms with Gasteiger partial charge in [-0.1, -0.05) is 0 Å². The second-order valence-corrected chi connectivity index (χ2v) is 4.55. The van der Waals surface area contributed by atoms with E-state index in [2.05, 4.69) is 10.3 Å². The number of phenols is 1. The summed E-state index contributed by atoms with van der Waals surface area (Å²) >= 11 is 1.60. The zero-order chi connectivity index (χ0) is 12.3. The number of rotatable bonds is 4. The highest BCUT2D eigenvalue weighted by molar-refractivity contribution is 7.09. The van der Waals surface area contributed by atoms with E-state index in [1.54, 1.807) is 29.7 Å². The Morgan fingerprint density at radius 1 is 1.47 bits per heavy atom. The van der Waals surface area contributed by atoms with Crippen molar-refractivity contribution in [1.82, 2.24) is 4.98 Å². The quantitative estimate of drug-likeness (QED) is 0.875. The second-order valence-electron chi connectivity index (χ2n) is 3.62. The summed E-state index contributed by atoms with van der Waals surface area (Å²) in [5.74, 6) is 0.598. The maximum absolute atomic E-state index is 9.66. The van der Waals surface area contributed by atoms with Gasteiger partial charge in [0.25, 0.3) is 0 Å². The average molecular weight is 250 g/mol. The molecule has 0 spiro atoms. The summed E-state index contributed by atoms with van der Waals surface area (Å²) < 4.78 is 4.99. The van der Waals surface area contributed by atoms with Crippen LogP contribution in [0, 0.1) is 0 Å². The van der Waals surface area contributed by atoms with Crippen molar-refractivity contribution in [3.05, 3.63) is 34.8 Å². The van der Waals surface area contributed by atoms with Gasteiger partial charge >= 0.3 is 0 Å². The molecule has 17 heavy (non-hydrogen) atoms. The molecule has 0 bridgehead atoms. The number of anilines is 1. The molecule has 0 radical (unpaired) electrons. The first-order chi connectivity index (χ1) is 8.20. The standard InChI is InChI=1S/C12H14N2O2S/c1-8(12-13-5-6-17-12)14-9-3-4-11(16-2)10(15)7-9/h3-8,14-15H,1-2H3. The van der Waals surface area contributed by atoms with Gasteiger partial charge in [-0.2, -0.15) is 0 Å². The summed E-state index contributed by atoms with van der Waals surface area (Å²) in [4.78, 5) is 4.24. The van der Waals surface area contributed by atoms with Crippen LogP contribution in [0.25, 0.3) is 0 Å². The van der Waals surface area contributed by atoms with E-state index < -0.39 is 0 Å². The summed E-state index contributed by atoms with van der Waals surface area (Å²) in [6.45, 7) is 2.03. The van der Waals surface area contributed by atoms with Crippen LogP contribution in [-0.2, 0) is 0 Å². The Morgan fingerprint density at radius 3 is 2.88 bits per heavy atom. The Hall–Kier alpha value is -1.75. The van der Waals surface area contributed by atoms with Crippen molar-refractivity contribution in [3.8, 4) is 11.5 Å². The van der Waals surface area contributed by atoms with Gasteiger partial charge in [0.15, 0.2) is 11.5 Å². The van der Waals surface area contributed by atoms with Crippen molar-refractivity contribution in [2.45, 2.75) is 13.0 Å². The second kappa shape index (κ2) is 5.05. The molecule has 1 aromatic carbocycles. The third-order valence-electron chi connectivity index (χ3n) is 2.38. The number of thiazole rings is 1. The van der Waals surface area contributed by atoms with Gasteiger partial charge in [-0.15, -0.1) is 11.3 Å². The fourth-order valence-electron chi connectivity index (χ4n) is 1.54. The van der Waals surface area contributed by atoms with E-state index >= 15 is 0 Å². The van der Waals surface area contributed by atoms with Gasteiger partial charge in [0.1, 0.15) is 5.01 Å². The number of hydrogen-bond acceptors (Lipinski definition) is 5. The van der Waals surface area contributed by atoms with Crippen LogP contribution in [0.5, 0.6) is 11.5 Å². The molecule has 2 rings (SSSR count). The molecule has 1 unspecified atom stereocenters. The van der Waals surface area contributed by atoms with Gasteiger partial charge in [-0.05, 0) is 19.1 Å². The predicted molar refractivity (Wildman–Crippen MR) is 68.8 cm³/mol. The highest BCUT2D eigenvalue weighted by atomic mass is 32.1. The number of aromatic hydroxyl groups is 1. The number of hydrogen-bond donors (Lipinski definition) is 2. The molecule has 4 nitrogen and oxygen atoms in total. The lowest BCUT2D eigenvalue weighted by atomic mass is 10.2. The van der Waals surface area contributed by atoms with Crippen LogP contribution in [0.1, 0.15) is 18.0 Å². The van der Waals surface area contributed by atoms with Crippen LogP contribution < -0.4 is 10.1 Å². The van der Waals surface area contributed by atoms with Gasteiger partial charge in [-0.3, -0.25) is 0 Å². The SMILES string of the molecule is COc1ccc(NC(C)c2nccs2)cc1O. The Morgan fingerprint density at radius 2 is 2.29 bits per heavy atom. The highest BCUT2D eigenvalue weighted by Crippen LogP contribution is 2.30. The van der Waals surface area contributed by atoms with E-state index in [0.29, 0.717) is 5.75 Å². The minimum absolute atomic E-state index is 0.114. The third kappa shape index (κ3) is 2.68. The fraction of sp³-hybridized carbons (Fsp3) is 0.250. The van der Waals surface area contributed by atoms with E-state index in [1.807, 2.05) is 18.4 Å². The molecule has 2 aromatic rings. The fourth-order valence-corrected chi connectivity index (χ4v) is 2.19. The molecule has 0 fully saturated rings. The van der Waals surface area contributed by atoms with Crippen LogP contribution in [0.4, 0.5) is 5.69 Å². The summed E-state index contributed by atoms with van der Waals surface area (Å²) in [6.07, 6.45) is 1.78. The van der Waals surface area contributed by atoms with Gasteiger partial charge in [0.2, 0.25) is 0 Å². The molecule has 1 heterocycles. The molecule has 1 atom stereocenters. The largest absolute Gasteiger partial charge is 0.504 e. The molecular formula is C12H14N2O2S. The van der Waals surface area contributed by atoms with Crippen molar-refractivity contribution in [3.63, 3.8) is 0 Å². The van der Waals surface area contributed by atoms with E-state index in [9.17, 15) is 5.11 Å².